The molecule has 2 heterocycles. The van der Waals surface area contributed by atoms with Crippen molar-refractivity contribution in [3.63, 3.8) is 0 Å². The molecule has 0 atom stereocenters. The molecule has 0 saturated heterocycles. The number of carbonyl (C=O) groups is 1. The van der Waals surface area contributed by atoms with E-state index in [1.807, 2.05) is 85.9 Å². The minimum absolute atomic E-state index is 0.0505. The van der Waals surface area contributed by atoms with Crippen LogP contribution in [0.1, 0.15) is 21.5 Å². The van der Waals surface area contributed by atoms with Gasteiger partial charge in [-0.15, -0.1) is 0 Å². The third-order valence-corrected chi connectivity index (χ3v) is 5.46. The van der Waals surface area contributed by atoms with E-state index in [-0.39, 0.29) is 5.78 Å². The fourth-order valence-corrected chi connectivity index (χ4v) is 3.85. The SMILES string of the molecule is COc1ccc(-c2ncc3c([nH]c4ccccc43)c2C(=O)c2ccc(C)cc2)cc1. The largest absolute Gasteiger partial charge is 0.497 e. The van der Waals surface area contributed by atoms with Gasteiger partial charge >= 0.3 is 0 Å². The van der Waals surface area contributed by atoms with Crippen molar-refractivity contribution in [1.29, 1.82) is 0 Å². The van der Waals surface area contributed by atoms with Crippen LogP contribution < -0.4 is 4.74 Å². The number of pyridine rings is 1. The highest BCUT2D eigenvalue weighted by Gasteiger charge is 2.22. The summed E-state index contributed by atoms with van der Waals surface area (Å²) in [6.45, 7) is 2.01. The highest BCUT2D eigenvalue weighted by molar-refractivity contribution is 6.22. The summed E-state index contributed by atoms with van der Waals surface area (Å²) in [6, 6.07) is 23.3. The number of carbonyl (C=O) groups excluding carboxylic acids is 1. The molecule has 0 aliphatic carbocycles. The number of hydrogen-bond acceptors (Lipinski definition) is 3. The molecule has 0 radical (unpaired) electrons. The summed E-state index contributed by atoms with van der Waals surface area (Å²) in [5, 5.41) is 2.00. The van der Waals surface area contributed by atoms with E-state index in [1.54, 1.807) is 7.11 Å². The van der Waals surface area contributed by atoms with Gasteiger partial charge in [0.05, 0.1) is 23.9 Å². The van der Waals surface area contributed by atoms with E-state index >= 15 is 0 Å². The van der Waals surface area contributed by atoms with E-state index in [1.165, 1.54) is 0 Å². The third-order valence-electron chi connectivity index (χ3n) is 5.46. The molecule has 0 bridgehead atoms. The van der Waals surface area contributed by atoms with Crippen molar-refractivity contribution in [1.82, 2.24) is 9.97 Å². The monoisotopic (exact) mass is 392 g/mol. The quantitative estimate of drug-likeness (QED) is 0.386. The van der Waals surface area contributed by atoms with Crippen LogP contribution in [0.5, 0.6) is 5.75 Å². The Kier molecular flexibility index (Phi) is 4.32. The maximum Gasteiger partial charge on any atom is 0.197 e. The summed E-state index contributed by atoms with van der Waals surface area (Å²) in [7, 11) is 1.64. The molecule has 2 aromatic heterocycles. The first-order valence-corrected chi connectivity index (χ1v) is 9.81. The lowest BCUT2D eigenvalue weighted by Gasteiger charge is -2.11. The van der Waals surface area contributed by atoms with Crippen molar-refractivity contribution in [3.05, 3.63) is 95.7 Å². The number of benzene rings is 3. The van der Waals surface area contributed by atoms with Gasteiger partial charge in [0.15, 0.2) is 5.78 Å². The van der Waals surface area contributed by atoms with E-state index in [9.17, 15) is 4.79 Å². The van der Waals surface area contributed by atoms with Gasteiger partial charge in [-0.3, -0.25) is 9.78 Å². The van der Waals surface area contributed by atoms with E-state index in [2.05, 4.69) is 4.98 Å². The number of aromatic amines is 1. The number of fused-ring (bicyclic) bond motifs is 3. The van der Waals surface area contributed by atoms with Crippen molar-refractivity contribution in [2.24, 2.45) is 0 Å². The Labute approximate surface area is 174 Å². The number of aryl methyl sites for hydroxylation is 1. The number of methoxy groups -OCH3 is 1. The molecule has 0 saturated carbocycles. The Morgan fingerprint density at radius 1 is 0.900 bits per heavy atom. The van der Waals surface area contributed by atoms with Crippen LogP contribution in [0, 0.1) is 6.92 Å². The molecule has 3 aromatic carbocycles. The molecule has 4 nitrogen and oxygen atoms in total. The second-order valence-corrected chi connectivity index (χ2v) is 7.36. The number of ketones is 1. The van der Waals surface area contributed by atoms with Gasteiger partial charge in [-0.25, -0.2) is 0 Å². The first-order chi connectivity index (χ1) is 14.7. The van der Waals surface area contributed by atoms with Crippen molar-refractivity contribution in [2.45, 2.75) is 6.92 Å². The number of nitrogens with one attached hydrogen (secondary N) is 1. The molecule has 0 spiro atoms. The van der Waals surface area contributed by atoms with Gasteiger partial charge in [0.2, 0.25) is 0 Å². The summed E-state index contributed by atoms with van der Waals surface area (Å²) < 4.78 is 5.28. The molecule has 4 heteroatoms. The number of ether oxygens (including phenoxy) is 1. The number of para-hydroxylation sites is 1. The molecular formula is C26H20N2O2. The number of nitrogens with zero attached hydrogens (tertiary/aromatic N) is 1. The lowest BCUT2D eigenvalue weighted by Crippen LogP contribution is -2.06. The number of hydrogen-bond donors (Lipinski definition) is 1. The molecule has 0 unspecified atom stereocenters. The lowest BCUT2D eigenvalue weighted by molar-refractivity contribution is 0.104. The van der Waals surface area contributed by atoms with Gasteiger partial charge in [0.25, 0.3) is 0 Å². The zero-order chi connectivity index (χ0) is 20.7. The molecule has 0 amide bonds. The fourth-order valence-electron chi connectivity index (χ4n) is 3.85. The first kappa shape index (κ1) is 18.1. The van der Waals surface area contributed by atoms with Gasteiger partial charge in [-0.2, -0.15) is 0 Å². The molecule has 0 aliphatic rings. The van der Waals surface area contributed by atoms with Crippen LogP contribution in [0.4, 0.5) is 0 Å². The smallest absolute Gasteiger partial charge is 0.197 e. The Balaban J connectivity index is 1.80. The Bertz CT molecular complexity index is 1380. The normalized spacial score (nSPS) is 11.1. The van der Waals surface area contributed by atoms with Gasteiger partial charge < -0.3 is 9.72 Å². The minimum Gasteiger partial charge on any atom is -0.497 e. The zero-order valence-corrected chi connectivity index (χ0v) is 16.8. The van der Waals surface area contributed by atoms with E-state index in [0.29, 0.717) is 16.8 Å². The molecular weight excluding hydrogens is 372 g/mol. The van der Waals surface area contributed by atoms with Crippen LogP contribution in [0.25, 0.3) is 33.1 Å². The van der Waals surface area contributed by atoms with Crippen molar-refractivity contribution < 1.29 is 9.53 Å². The van der Waals surface area contributed by atoms with Crippen molar-refractivity contribution >= 4 is 27.6 Å². The molecule has 5 aromatic rings. The van der Waals surface area contributed by atoms with E-state index in [0.717, 1.165) is 38.7 Å². The van der Waals surface area contributed by atoms with Crippen molar-refractivity contribution in [3.8, 4) is 17.0 Å². The Morgan fingerprint density at radius 3 is 2.37 bits per heavy atom. The Hall–Kier alpha value is -3.92. The first-order valence-electron chi connectivity index (χ1n) is 9.81. The summed E-state index contributed by atoms with van der Waals surface area (Å²) >= 11 is 0. The second-order valence-electron chi connectivity index (χ2n) is 7.36. The number of H-pyrrole nitrogens is 1. The highest BCUT2D eigenvalue weighted by Crippen LogP contribution is 2.34. The molecule has 146 valence electrons. The Morgan fingerprint density at radius 2 is 1.63 bits per heavy atom. The average Bonchev–Trinajstić information content (AvgIpc) is 3.17. The summed E-state index contributed by atoms with van der Waals surface area (Å²) in [6.07, 6.45) is 1.85. The zero-order valence-electron chi connectivity index (χ0n) is 16.8. The topological polar surface area (TPSA) is 55.0 Å². The van der Waals surface area contributed by atoms with E-state index < -0.39 is 0 Å². The predicted molar refractivity (Wildman–Crippen MR) is 120 cm³/mol. The predicted octanol–water partition coefficient (Wildman–Crippen LogP) is 5.93. The fraction of sp³-hybridized carbons (Fsp3) is 0.0769. The standard InChI is InChI=1S/C26H20N2O2/c1-16-7-9-18(10-8-16)26(29)23-24(17-11-13-19(30-2)14-12-17)27-15-21-20-5-3-4-6-22(20)28-25(21)23/h3-15,28H,1-2H3. The van der Waals surface area contributed by atoms with Crippen LogP contribution in [-0.4, -0.2) is 22.9 Å². The molecule has 1 N–H and O–H groups in total. The van der Waals surface area contributed by atoms with Crippen molar-refractivity contribution in [2.75, 3.05) is 7.11 Å². The van der Waals surface area contributed by atoms with Crippen LogP contribution in [0.3, 0.4) is 0 Å². The second kappa shape index (κ2) is 7.16. The molecule has 5 rings (SSSR count). The van der Waals surface area contributed by atoms with Gasteiger partial charge in [0.1, 0.15) is 5.75 Å². The van der Waals surface area contributed by atoms with Crippen LogP contribution in [0.15, 0.2) is 79.0 Å². The molecule has 0 aliphatic heterocycles. The summed E-state index contributed by atoms with van der Waals surface area (Å²) in [4.78, 5) is 21.9. The molecule has 0 fully saturated rings. The molecule has 30 heavy (non-hydrogen) atoms. The van der Waals surface area contributed by atoms with Crippen LogP contribution in [-0.2, 0) is 0 Å². The van der Waals surface area contributed by atoms with Gasteiger partial charge in [0, 0.05) is 33.6 Å². The third kappa shape index (κ3) is 2.94. The van der Waals surface area contributed by atoms with Crippen LogP contribution in [0.2, 0.25) is 0 Å². The van der Waals surface area contributed by atoms with Gasteiger partial charge in [-0.05, 0) is 37.3 Å². The average molecular weight is 392 g/mol. The maximum absolute atomic E-state index is 13.7. The van der Waals surface area contributed by atoms with E-state index in [4.69, 9.17) is 9.72 Å². The minimum atomic E-state index is -0.0505. The number of aromatic nitrogens is 2. The number of rotatable bonds is 4. The van der Waals surface area contributed by atoms with Gasteiger partial charge in [-0.1, -0.05) is 48.0 Å². The van der Waals surface area contributed by atoms with Crippen LogP contribution >= 0.6 is 0 Å². The highest BCUT2D eigenvalue weighted by atomic mass is 16.5. The summed E-state index contributed by atoms with van der Waals surface area (Å²) in [5.41, 5.74) is 5.65. The maximum atomic E-state index is 13.7. The lowest BCUT2D eigenvalue weighted by atomic mass is 9.95. The summed E-state index contributed by atoms with van der Waals surface area (Å²) in [5.74, 6) is 0.710.